The summed E-state index contributed by atoms with van der Waals surface area (Å²) in [5, 5.41) is 3.56. The van der Waals surface area contributed by atoms with Crippen molar-refractivity contribution in [2.24, 2.45) is 0 Å². The molecule has 0 saturated carbocycles. The van der Waals surface area contributed by atoms with Crippen molar-refractivity contribution in [3.8, 4) is 11.5 Å². The second kappa shape index (κ2) is 13.2. The second-order valence-electron chi connectivity index (χ2n) is 9.12. The fourth-order valence-corrected chi connectivity index (χ4v) is 4.36. The summed E-state index contributed by atoms with van der Waals surface area (Å²) in [5.74, 6) is 2.51. The van der Waals surface area contributed by atoms with Crippen LogP contribution in [-0.4, -0.2) is 35.2 Å². The summed E-state index contributed by atoms with van der Waals surface area (Å²) in [4.78, 5) is 16.9. The van der Waals surface area contributed by atoms with Gasteiger partial charge in [0.1, 0.15) is 23.9 Å². The quantitative estimate of drug-likeness (QED) is 0.211. The summed E-state index contributed by atoms with van der Waals surface area (Å²) in [6.07, 6.45) is 3.78. The van der Waals surface area contributed by atoms with Crippen LogP contribution in [0.4, 0.5) is 0 Å². The summed E-state index contributed by atoms with van der Waals surface area (Å²) >= 11 is 5.86. The largest absolute Gasteiger partial charge is 0.491 e. The molecule has 0 fully saturated rings. The van der Waals surface area contributed by atoms with Crippen LogP contribution >= 0.6 is 11.6 Å². The first-order valence-electron chi connectivity index (χ1n) is 12.8. The Morgan fingerprint density at radius 1 is 0.946 bits per heavy atom. The number of imidazole rings is 1. The third-order valence-corrected chi connectivity index (χ3v) is 6.70. The Morgan fingerprint density at radius 3 is 2.59 bits per heavy atom. The molecule has 6 nitrogen and oxygen atoms in total. The van der Waals surface area contributed by atoms with Gasteiger partial charge in [0.2, 0.25) is 0 Å². The van der Waals surface area contributed by atoms with Crippen molar-refractivity contribution in [2.45, 2.75) is 46.1 Å². The molecule has 1 N–H and O–H groups in total. The van der Waals surface area contributed by atoms with Gasteiger partial charge in [0, 0.05) is 18.0 Å². The third kappa shape index (κ3) is 7.49. The molecule has 0 unspecified atom stereocenters. The van der Waals surface area contributed by atoms with E-state index in [0.717, 1.165) is 54.8 Å². The van der Waals surface area contributed by atoms with Crippen LogP contribution in [0.25, 0.3) is 11.0 Å². The zero-order chi connectivity index (χ0) is 26.0. The maximum Gasteiger partial charge on any atom is 0.257 e. The van der Waals surface area contributed by atoms with E-state index in [9.17, 15) is 4.79 Å². The number of amides is 1. The van der Waals surface area contributed by atoms with Crippen LogP contribution in [0.1, 0.15) is 36.2 Å². The summed E-state index contributed by atoms with van der Waals surface area (Å²) in [6.45, 7) is 6.15. The van der Waals surface area contributed by atoms with Gasteiger partial charge in [0.25, 0.3) is 5.91 Å². The molecule has 0 aliphatic carbocycles. The molecular formula is C30H34ClN3O3. The number of nitrogens with one attached hydrogen (secondary N) is 1. The molecule has 0 aliphatic heterocycles. The molecular weight excluding hydrogens is 486 g/mol. The Kier molecular flexibility index (Phi) is 9.44. The third-order valence-electron chi connectivity index (χ3n) is 6.44. The highest BCUT2D eigenvalue weighted by Gasteiger charge is 2.11. The zero-order valence-corrected chi connectivity index (χ0v) is 22.3. The predicted molar refractivity (Wildman–Crippen MR) is 149 cm³/mol. The normalized spacial score (nSPS) is 11.0. The van der Waals surface area contributed by atoms with Crippen molar-refractivity contribution in [1.82, 2.24) is 14.9 Å². The smallest absolute Gasteiger partial charge is 0.257 e. The van der Waals surface area contributed by atoms with E-state index in [1.165, 1.54) is 11.1 Å². The van der Waals surface area contributed by atoms with Crippen LogP contribution in [0.3, 0.4) is 0 Å². The SMILES string of the molecule is Cc1cccc(OCCn2c(CCCCCNC(=O)COc3ccc(Cl)cc3)nc3ccccc32)c1C. The number of hydrogen-bond acceptors (Lipinski definition) is 4. The number of aromatic nitrogens is 2. The highest BCUT2D eigenvalue weighted by atomic mass is 35.5. The number of nitrogens with zero attached hydrogens (tertiary/aromatic N) is 2. The van der Waals surface area contributed by atoms with Gasteiger partial charge in [-0.25, -0.2) is 4.98 Å². The number of carbonyl (C=O) groups is 1. The molecule has 0 saturated heterocycles. The Labute approximate surface area is 223 Å². The van der Waals surface area contributed by atoms with Crippen molar-refractivity contribution >= 4 is 28.5 Å². The average molecular weight is 520 g/mol. The van der Waals surface area contributed by atoms with Crippen molar-refractivity contribution < 1.29 is 14.3 Å². The van der Waals surface area contributed by atoms with Crippen molar-refractivity contribution in [3.05, 3.63) is 88.7 Å². The molecule has 1 aromatic heterocycles. The number of para-hydroxylation sites is 2. The number of halogens is 1. The van der Waals surface area contributed by atoms with Gasteiger partial charge in [-0.2, -0.15) is 0 Å². The highest BCUT2D eigenvalue weighted by molar-refractivity contribution is 6.30. The van der Waals surface area contributed by atoms with E-state index in [2.05, 4.69) is 48.0 Å². The van der Waals surface area contributed by atoms with Crippen LogP contribution in [-0.2, 0) is 17.8 Å². The molecule has 0 bridgehead atoms. The van der Waals surface area contributed by atoms with E-state index < -0.39 is 0 Å². The maximum atomic E-state index is 12.0. The van der Waals surface area contributed by atoms with E-state index >= 15 is 0 Å². The van der Waals surface area contributed by atoms with Gasteiger partial charge in [-0.05, 0) is 80.3 Å². The van der Waals surface area contributed by atoms with Crippen molar-refractivity contribution in [3.63, 3.8) is 0 Å². The van der Waals surface area contributed by atoms with E-state index in [0.29, 0.717) is 23.9 Å². The van der Waals surface area contributed by atoms with Crippen LogP contribution in [0.2, 0.25) is 5.02 Å². The van der Waals surface area contributed by atoms with Gasteiger partial charge in [0.15, 0.2) is 6.61 Å². The number of rotatable bonds is 13. The molecule has 194 valence electrons. The fourth-order valence-electron chi connectivity index (χ4n) is 4.24. The molecule has 37 heavy (non-hydrogen) atoms. The van der Waals surface area contributed by atoms with Crippen LogP contribution in [0.5, 0.6) is 11.5 Å². The van der Waals surface area contributed by atoms with Crippen LogP contribution in [0, 0.1) is 13.8 Å². The standard InChI is InChI=1S/C30H34ClN3O3/c1-22-9-8-12-28(23(22)2)36-20-19-34-27-11-6-5-10-26(27)33-29(34)13-4-3-7-18-32-30(35)21-37-25-16-14-24(31)15-17-25/h5-6,8-12,14-17H,3-4,7,13,18-21H2,1-2H3,(H,32,35). The lowest BCUT2D eigenvalue weighted by Gasteiger charge is -2.13. The minimum atomic E-state index is -0.124. The maximum absolute atomic E-state index is 12.0. The molecule has 4 rings (SSSR count). The summed E-state index contributed by atoms with van der Waals surface area (Å²) in [6, 6.07) is 21.4. The first-order chi connectivity index (χ1) is 18.0. The number of fused-ring (bicyclic) bond motifs is 1. The number of hydrogen-bond donors (Lipinski definition) is 1. The Balaban J connectivity index is 1.21. The molecule has 0 spiro atoms. The number of carbonyl (C=O) groups excluding carboxylic acids is 1. The van der Waals surface area contributed by atoms with Gasteiger partial charge in [0.05, 0.1) is 17.6 Å². The van der Waals surface area contributed by atoms with E-state index in [4.69, 9.17) is 26.1 Å². The van der Waals surface area contributed by atoms with Gasteiger partial charge < -0.3 is 19.4 Å². The van der Waals surface area contributed by atoms with Crippen LogP contribution in [0.15, 0.2) is 66.7 Å². The Bertz CT molecular complexity index is 1320. The van der Waals surface area contributed by atoms with Gasteiger partial charge in [-0.15, -0.1) is 0 Å². The minimum absolute atomic E-state index is 0.00416. The number of unbranched alkanes of at least 4 members (excludes halogenated alkanes) is 2. The number of aryl methyl sites for hydroxylation is 2. The number of ether oxygens (including phenoxy) is 2. The lowest BCUT2D eigenvalue weighted by atomic mass is 10.1. The number of benzene rings is 3. The molecule has 3 aromatic carbocycles. The van der Waals surface area contributed by atoms with Crippen LogP contribution < -0.4 is 14.8 Å². The topological polar surface area (TPSA) is 65.4 Å². The monoisotopic (exact) mass is 519 g/mol. The molecule has 1 heterocycles. The van der Waals surface area contributed by atoms with Gasteiger partial charge >= 0.3 is 0 Å². The zero-order valence-electron chi connectivity index (χ0n) is 21.5. The lowest BCUT2D eigenvalue weighted by molar-refractivity contribution is -0.123. The van der Waals surface area contributed by atoms with Crippen molar-refractivity contribution in [2.75, 3.05) is 19.8 Å². The molecule has 1 amide bonds. The molecule has 7 heteroatoms. The minimum Gasteiger partial charge on any atom is -0.491 e. The fraction of sp³-hybridized carbons (Fsp3) is 0.333. The lowest BCUT2D eigenvalue weighted by Crippen LogP contribution is -2.29. The van der Waals surface area contributed by atoms with Gasteiger partial charge in [-0.1, -0.05) is 42.3 Å². The van der Waals surface area contributed by atoms with E-state index in [-0.39, 0.29) is 12.5 Å². The second-order valence-corrected chi connectivity index (χ2v) is 9.55. The van der Waals surface area contributed by atoms with Crippen molar-refractivity contribution in [1.29, 1.82) is 0 Å². The first-order valence-corrected chi connectivity index (χ1v) is 13.2. The molecule has 0 aliphatic rings. The summed E-state index contributed by atoms with van der Waals surface area (Å²) < 4.78 is 13.9. The molecule has 0 radical (unpaired) electrons. The van der Waals surface area contributed by atoms with Gasteiger partial charge in [-0.3, -0.25) is 4.79 Å². The molecule has 0 atom stereocenters. The Morgan fingerprint density at radius 2 is 1.76 bits per heavy atom. The Hall–Kier alpha value is -3.51. The molecule has 4 aromatic rings. The highest BCUT2D eigenvalue weighted by Crippen LogP contribution is 2.22. The first kappa shape index (κ1) is 26.6. The van der Waals surface area contributed by atoms with E-state index in [1.807, 2.05) is 18.2 Å². The summed E-state index contributed by atoms with van der Waals surface area (Å²) in [5.41, 5.74) is 4.56. The summed E-state index contributed by atoms with van der Waals surface area (Å²) in [7, 11) is 0. The van der Waals surface area contributed by atoms with E-state index in [1.54, 1.807) is 24.3 Å². The predicted octanol–water partition coefficient (Wildman–Crippen LogP) is 6.29. The average Bonchev–Trinajstić information content (AvgIpc) is 3.25.